The van der Waals surface area contributed by atoms with Crippen molar-refractivity contribution in [2.45, 2.75) is 45.2 Å². The van der Waals surface area contributed by atoms with E-state index in [4.69, 9.17) is 5.73 Å². The van der Waals surface area contributed by atoms with E-state index >= 15 is 0 Å². The number of nitrogens with two attached hydrogens (primary N) is 1. The van der Waals surface area contributed by atoms with Crippen LogP contribution in [0.25, 0.3) is 0 Å². The van der Waals surface area contributed by atoms with E-state index < -0.39 is 17.9 Å². The van der Waals surface area contributed by atoms with E-state index in [0.717, 1.165) is 19.3 Å². The Labute approximate surface area is 107 Å². The summed E-state index contributed by atoms with van der Waals surface area (Å²) in [5, 5.41) is 12.2. The molecule has 0 aromatic heterocycles. The number of carboxylic acid groups (broad SMARTS) is 1. The van der Waals surface area contributed by atoms with Crippen LogP contribution in [0.15, 0.2) is 0 Å². The maximum absolute atomic E-state index is 12.0. The molecule has 0 saturated heterocycles. The predicted molar refractivity (Wildman–Crippen MR) is 66.7 cm³/mol. The van der Waals surface area contributed by atoms with Gasteiger partial charge >= 0.3 is 5.97 Å². The lowest BCUT2D eigenvalue weighted by molar-refractivity contribution is -0.144. The Morgan fingerprint density at radius 1 is 1.28 bits per heavy atom. The highest BCUT2D eigenvalue weighted by Gasteiger charge is 2.51. The molecule has 2 rings (SSSR count). The van der Waals surface area contributed by atoms with Gasteiger partial charge in [0, 0.05) is 6.04 Å². The maximum atomic E-state index is 12.0. The second-order valence-corrected chi connectivity index (χ2v) is 6.00. The molecule has 5 atom stereocenters. The number of aliphatic carboxylic acids is 1. The van der Waals surface area contributed by atoms with Gasteiger partial charge in [-0.1, -0.05) is 13.8 Å². The summed E-state index contributed by atoms with van der Waals surface area (Å²) in [6.45, 7) is 3.78. The summed E-state index contributed by atoms with van der Waals surface area (Å²) in [5.41, 5.74) is 5.80. The van der Waals surface area contributed by atoms with Gasteiger partial charge in [0.25, 0.3) is 0 Å². The first-order chi connectivity index (χ1) is 8.41. The van der Waals surface area contributed by atoms with Crippen LogP contribution in [0, 0.1) is 23.7 Å². The number of fused-ring (bicyclic) bond motifs is 2. The molecule has 0 aromatic carbocycles. The summed E-state index contributed by atoms with van der Waals surface area (Å²) in [6.07, 6.45) is 2.93. The Hall–Kier alpha value is -1.10. The Morgan fingerprint density at radius 3 is 2.44 bits per heavy atom. The molecule has 0 spiro atoms. The summed E-state index contributed by atoms with van der Waals surface area (Å²) in [6, 6.07) is -0.780. The summed E-state index contributed by atoms with van der Waals surface area (Å²) in [7, 11) is 0. The molecule has 2 bridgehead atoms. The number of nitrogens with one attached hydrogen (secondary N) is 1. The molecule has 5 heteroatoms. The molecular formula is C13H22N2O3. The van der Waals surface area contributed by atoms with Crippen molar-refractivity contribution in [2.24, 2.45) is 29.4 Å². The molecule has 2 aliphatic carbocycles. The third-order valence-electron chi connectivity index (χ3n) is 4.53. The van der Waals surface area contributed by atoms with Crippen molar-refractivity contribution in [3.05, 3.63) is 0 Å². The van der Waals surface area contributed by atoms with Gasteiger partial charge in [-0.3, -0.25) is 9.59 Å². The minimum atomic E-state index is -0.786. The van der Waals surface area contributed by atoms with Crippen LogP contribution >= 0.6 is 0 Å². The summed E-state index contributed by atoms with van der Waals surface area (Å²) in [4.78, 5) is 23.3. The highest BCUT2D eigenvalue weighted by atomic mass is 16.4. The first-order valence-electron chi connectivity index (χ1n) is 6.70. The number of hydrogen-bond acceptors (Lipinski definition) is 3. The smallest absolute Gasteiger partial charge is 0.308 e. The summed E-state index contributed by atoms with van der Waals surface area (Å²) >= 11 is 0. The fourth-order valence-electron chi connectivity index (χ4n) is 3.42. The first kappa shape index (κ1) is 13.3. The number of carbonyl (C=O) groups is 2. The van der Waals surface area contributed by atoms with Crippen molar-refractivity contribution in [1.82, 2.24) is 5.32 Å². The molecule has 0 radical (unpaired) electrons. The van der Waals surface area contributed by atoms with Crippen LogP contribution in [0.3, 0.4) is 0 Å². The Balaban J connectivity index is 2.04. The number of carboxylic acids is 1. The number of carbonyl (C=O) groups excluding carboxylic acids is 1. The second kappa shape index (κ2) is 4.88. The van der Waals surface area contributed by atoms with Gasteiger partial charge in [0.05, 0.1) is 12.0 Å². The van der Waals surface area contributed by atoms with E-state index in [1.165, 1.54) is 0 Å². The van der Waals surface area contributed by atoms with Crippen molar-refractivity contribution < 1.29 is 14.7 Å². The van der Waals surface area contributed by atoms with Crippen LogP contribution in [0.2, 0.25) is 0 Å². The molecule has 2 fully saturated rings. The zero-order valence-corrected chi connectivity index (χ0v) is 10.9. The zero-order valence-electron chi connectivity index (χ0n) is 10.9. The van der Waals surface area contributed by atoms with Gasteiger partial charge in [0.15, 0.2) is 0 Å². The molecule has 0 aromatic rings. The average molecular weight is 254 g/mol. The van der Waals surface area contributed by atoms with Gasteiger partial charge in [-0.15, -0.1) is 0 Å². The van der Waals surface area contributed by atoms with Gasteiger partial charge < -0.3 is 16.2 Å². The molecule has 4 N–H and O–H groups in total. The normalized spacial score (nSPS) is 35.8. The van der Waals surface area contributed by atoms with Gasteiger partial charge in [-0.05, 0) is 37.0 Å². The molecule has 102 valence electrons. The van der Waals surface area contributed by atoms with Crippen LogP contribution < -0.4 is 11.1 Å². The second-order valence-electron chi connectivity index (χ2n) is 6.00. The van der Waals surface area contributed by atoms with Gasteiger partial charge in [0.2, 0.25) is 5.91 Å². The van der Waals surface area contributed by atoms with Crippen molar-refractivity contribution in [3.8, 4) is 0 Å². The van der Waals surface area contributed by atoms with Crippen molar-refractivity contribution in [1.29, 1.82) is 0 Å². The molecule has 0 aliphatic heterocycles. The summed E-state index contributed by atoms with van der Waals surface area (Å²) in [5.74, 6) is -0.814. The third kappa shape index (κ3) is 2.23. The van der Waals surface area contributed by atoms with Gasteiger partial charge in [0.1, 0.15) is 0 Å². The van der Waals surface area contributed by atoms with E-state index in [9.17, 15) is 14.7 Å². The first-order valence-corrected chi connectivity index (χ1v) is 6.70. The minimum absolute atomic E-state index is 0.0619. The van der Waals surface area contributed by atoms with Crippen LogP contribution in [0.1, 0.15) is 33.1 Å². The lowest BCUT2D eigenvalue weighted by Crippen LogP contribution is -2.53. The fourth-order valence-corrected chi connectivity index (χ4v) is 3.42. The molecule has 2 aliphatic rings. The quantitative estimate of drug-likeness (QED) is 0.684. The monoisotopic (exact) mass is 254 g/mol. The van der Waals surface area contributed by atoms with E-state index in [1.807, 2.05) is 13.8 Å². The average Bonchev–Trinajstić information content (AvgIpc) is 2.87. The molecule has 18 heavy (non-hydrogen) atoms. The fraction of sp³-hybridized carbons (Fsp3) is 0.846. The highest BCUT2D eigenvalue weighted by Crippen LogP contribution is 2.48. The highest BCUT2D eigenvalue weighted by molar-refractivity contribution is 5.83. The van der Waals surface area contributed by atoms with E-state index in [0.29, 0.717) is 5.92 Å². The van der Waals surface area contributed by atoms with Crippen LogP contribution in [0.5, 0.6) is 0 Å². The van der Waals surface area contributed by atoms with E-state index in [1.54, 1.807) is 0 Å². The third-order valence-corrected chi connectivity index (χ3v) is 4.53. The molecular weight excluding hydrogens is 232 g/mol. The van der Waals surface area contributed by atoms with Crippen LogP contribution in [-0.4, -0.2) is 29.1 Å². The number of hydrogen-bond donors (Lipinski definition) is 3. The zero-order chi connectivity index (χ0) is 13.4. The van der Waals surface area contributed by atoms with E-state index in [-0.39, 0.29) is 23.8 Å². The van der Waals surface area contributed by atoms with Crippen LogP contribution in [0.4, 0.5) is 0 Å². The van der Waals surface area contributed by atoms with Crippen molar-refractivity contribution in [2.75, 3.05) is 0 Å². The molecule has 5 nitrogen and oxygen atoms in total. The molecule has 0 heterocycles. The number of amides is 1. The maximum Gasteiger partial charge on any atom is 0.308 e. The Morgan fingerprint density at radius 2 is 1.89 bits per heavy atom. The van der Waals surface area contributed by atoms with Gasteiger partial charge in [-0.25, -0.2) is 0 Å². The lowest BCUT2D eigenvalue weighted by atomic mass is 9.84. The van der Waals surface area contributed by atoms with Crippen molar-refractivity contribution >= 4 is 11.9 Å². The Kier molecular flexibility index (Phi) is 3.61. The minimum Gasteiger partial charge on any atom is -0.481 e. The summed E-state index contributed by atoms with van der Waals surface area (Å²) < 4.78 is 0. The topological polar surface area (TPSA) is 92.4 Å². The predicted octanol–water partition coefficient (Wildman–Crippen LogP) is 0.585. The van der Waals surface area contributed by atoms with Crippen molar-refractivity contribution in [3.63, 3.8) is 0 Å². The van der Waals surface area contributed by atoms with E-state index in [2.05, 4.69) is 5.32 Å². The molecule has 2 saturated carbocycles. The largest absolute Gasteiger partial charge is 0.481 e. The molecule has 1 amide bonds. The lowest BCUT2D eigenvalue weighted by Gasteiger charge is -2.30. The standard InChI is InChI=1S/C13H22N2O3/c1-6(2)10(14)12(16)15-11-8-4-3-7(5-8)9(11)13(17)18/h6-11H,3-5,14H2,1-2H3,(H,15,16)(H,17,18)/t7?,8?,9?,10-,11?/m1/s1. The van der Waals surface area contributed by atoms with Gasteiger partial charge in [-0.2, -0.15) is 0 Å². The Bertz CT molecular complexity index is 356. The molecule has 4 unspecified atom stereocenters. The van der Waals surface area contributed by atoms with Crippen LogP contribution in [-0.2, 0) is 9.59 Å². The number of rotatable bonds is 4. The SMILES string of the molecule is CC(C)[C@@H](N)C(=O)NC1C2CCC(C2)C1C(=O)O.